The van der Waals surface area contributed by atoms with Gasteiger partial charge in [0.2, 0.25) is 0 Å². The zero-order valence-corrected chi connectivity index (χ0v) is 14.6. The van der Waals surface area contributed by atoms with Gasteiger partial charge < -0.3 is 15.3 Å². The van der Waals surface area contributed by atoms with Crippen molar-refractivity contribution >= 4 is 0 Å². The molecule has 1 heterocycles. The van der Waals surface area contributed by atoms with E-state index in [9.17, 15) is 5.11 Å². The molecule has 2 N–H and O–H groups in total. The molecule has 0 bridgehead atoms. The Labute approximate surface area is 131 Å². The normalized spacial score (nSPS) is 34.3. The highest BCUT2D eigenvalue weighted by Crippen LogP contribution is 2.35. The summed E-state index contributed by atoms with van der Waals surface area (Å²) in [5.74, 6) is 2.50. The highest BCUT2D eigenvalue weighted by Gasteiger charge is 2.34. The number of nitrogens with one attached hydrogen (secondary N) is 1. The number of likely N-dealkylation sites (tertiary alicyclic amines) is 1. The fourth-order valence-corrected chi connectivity index (χ4v) is 4.19. The van der Waals surface area contributed by atoms with Gasteiger partial charge in [0.25, 0.3) is 0 Å². The highest BCUT2D eigenvalue weighted by atomic mass is 16.3. The number of piperidine rings is 1. The maximum absolute atomic E-state index is 10.1. The summed E-state index contributed by atoms with van der Waals surface area (Å²) in [5.41, 5.74) is -0.426. The summed E-state index contributed by atoms with van der Waals surface area (Å²) in [5, 5.41) is 13.8. The Balaban J connectivity index is 1.90. The van der Waals surface area contributed by atoms with Gasteiger partial charge in [-0.3, -0.25) is 0 Å². The van der Waals surface area contributed by atoms with Gasteiger partial charge in [0.1, 0.15) is 0 Å². The minimum Gasteiger partial charge on any atom is -0.390 e. The molecule has 0 radical (unpaired) electrons. The summed E-state index contributed by atoms with van der Waals surface area (Å²) in [6.45, 7) is 13.4. The van der Waals surface area contributed by atoms with Crippen LogP contribution in [0.5, 0.6) is 0 Å². The van der Waals surface area contributed by atoms with Crippen molar-refractivity contribution in [1.29, 1.82) is 0 Å². The first kappa shape index (κ1) is 17.2. The molecule has 21 heavy (non-hydrogen) atoms. The van der Waals surface area contributed by atoms with Crippen LogP contribution in [0.3, 0.4) is 0 Å². The quantitative estimate of drug-likeness (QED) is 0.819. The Morgan fingerprint density at radius 2 is 1.90 bits per heavy atom. The van der Waals surface area contributed by atoms with Gasteiger partial charge in [-0.25, -0.2) is 0 Å². The van der Waals surface area contributed by atoms with Crippen molar-refractivity contribution in [2.45, 2.75) is 71.4 Å². The molecular formula is C18H36N2O. The Morgan fingerprint density at radius 1 is 1.24 bits per heavy atom. The zero-order chi connectivity index (χ0) is 15.5. The van der Waals surface area contributed by atoms with Crippen molar-refractivity contribution in [1.82, 2.24) is 10.2 Å². The molecule has 2 fully saturated rings. The van der Waals surface area contributed by atoms with E-state index in [2.05, 4.69) is 31.0 Å². The monoisotopic (exact) mass is 296 g/mol. The van der Waals surface area contributed by atoms with Gasteiger partial charge in [-0.15, -0.1) is 0 Å². The third-order valence-corrected chi connectivity index (χ3v) is 5.86. The van der Waals surface area contributed by atoms with E-state index < -0.39 is 5.60 Å². The van der Waals surface area contributed by atoms with Crippen LogP contribution in [0.2, 0.25) is 0 Å². The molecule has 2 aliphatic rings. The van der Waals surface area contributed by atoms with Crippen LogP contribution in [0.25, 0.3) is 0 Å². The minimum atomic E-state index is -0.426. The van der Waals surface area contributed by atoms with Crippen molar-refractivity contribution in [3.05, 3.63) is 0 Å². The van der Waals surface area contributed by atoms with E-state index in [1.807, 2.05) is 6.92 Å². The molecule has 1 aliphatic heterocycles. The van der Waals surface area contributed by atoms with Crippen molar-refractivity contribution in [3.8, 4) is 0 Å². The average Bonchev–Trinajstić information content (AvgIpc) is 2.43. The molecule has 0 spiro atoms. The predicted molar refractivity (Wildman–Crippen MR) is 89.4 cm³/mol. The maximum atomic E-state index is 10.1. The lowest BCUT2D eigenvalue weighted by Gasteiger charge is -2.43. The van der Waals surface area contributed by atoms with Crippen molar-refractivity contribution in [2.24, 2.45) is 17.8 Å². The van der Waals surface area contributed by atoms with Gasteiger partial charge >= 0.3 is 0 Å². The van der Waals surface area contributed by atoms with E-state index >= 15 is 0 Å². The van der Waals surface area contributed by atoms with Gasteiger partial charge in [0.05, 0.1) is 5.60 Å². The molecule has 0 aromatic rings. The number of nitrogens with zero attached hydrogens (tertiary/aromatic N) is 1. The predicted octanol–water partition coefficient (Wildman–Crippen LogP) is 2.88. The van der Waals surface area contributed by atoms with Crippen LogP contribution >= 0.6 is 0 Å². The third kappa shape index (κ3) is 4.94. The van der Waals surface area contributed by atoms with E-state index in [1.54, 1.807) is 0 Å². The van der Waals surface area contributed by atoms with Gasteiger partial charge in [-0.1, -0.05) is 20.8 Å². The van der Waals surface area contributed by atoms with Crippen LogP contribution in [-0.4, -0.2) is 47.8 Å². The molecule has 0 aromatic heterocycles. The first-order valence-electron chi connectivity index (χ1n) is 9.09. The SMILES string of the molecule is CCNC1CCC(C(C)C)CC1CN1CCC(C)(O)CC1. The van der Waals surface area contributed by atoms with E-state index in [-0.39, 0.29) is 0 Å². The molecule has 3 atom stereocenters. The molecule has 0 amide bonds. The summed E-state index contributed by atoms with van der Waals surface area (Å²) in [6.07, 6.45) is 5.97. The minimum absolute atomic E-state index is 0.426. The van der Waals surface area contributed by atoms with Crippen LogP contribution in [0.4, 0.5) is 0 Å². The maximum Gasteiger partial charge on any atom is 0.0644 e. The van der Waals surface area contributed by atoms with E-state index in [1.165, 1.54) is 25.8 Å². The summed E-state index contributed by atoms with van der Waals surface area (Å²) < 4.78 is 0. The lowest BCUT2D eigenvalue weighted by Crippen LogP contribution is -2.49. The fraction of sp³-hybridized carbons (Fsp3) is 1.00. The van der Waals surface area contributed by atoms with Crippen LogP contribution in [0, 0.1) is 17.8 Å². The van der Waals surface area contributed by atoms with Gasteiger partial charge in [0, 0.05) is 25.7 Å². The van der Waals surface area contributed by atoms with Crippen LogP contribution in [-0.2, 0) is 0 Å². The Morgan fingerprint density at radius 3 is 2.48 bits per heavy atom. The topological polar surface area (TPSA) is 35.5 Å². The summed E-state index contributed by atoms with van der Waals surface area (Å²) in [7, 11) is 0. The van der Waals surface area contributed by atoms with E-state index in [0.29, 0.717) is 6.04 Å². The zero-order valence-electron chi connectivity index (χ0n) is 14.6. The van der Waals surface area contributed by atoms with Crippen molar-refractivity contribution in [2.75, 3.05) is 26.2 Å². The van der Waals surface area contributed by atoms with E-state index in [4.69, 9.17) is 0 Å². The fourth-order valence-electron chi connectivity index (χ4n) is 4.19. The van der Waals surface area contributed by atoms with Gasteiger partial charge in [-0.05, 0) is 63.3 Å². The lowest BCUT2D eigenvalue weighted by molar-refractivity contribution is -0.0133. The standard InChI is InChI=1S/C18H36N2O/c1-5-19-17-7-6-15(14(2)3)12-16(17)13-20-10-8-18(4,21)9-11-20/h14-17,19,21H,5-13H2,1-4H3. The molecule has 0 aromatic carbocycles. The number of rotatable bonds is 5. The Bertz CT molecular complexity index is 306. The molecule has 3 heteroatoms. The Kier molecular flexibility index (Phi) is 6.10. The third-order valence-electron chi connectivity index (χ3n) is 5.86. The van der Waals surface area contributed by atoms with Gasteiger partial charge in [-0.2, -0.15) is 0 Å². The molecule has 3 nitrogen and oxygen atoms in total. The number of aliphatic hydroxyl groups is 1. The Hall–Kier alpha value is -0.120. The highest BCUT2D eigenvalue weighted by molar-refractivity contribution is 4.89. The van der Waals surface area contributed by atoms with Crippen molar-refractivity contribution in [3.63, 3.8) is 0 Å². The summed E-state index contributed by atoms with van der Waals surface area (Å²) >= 11 is 0. The largest absolute Gasteiger partial charge is 0.390 e. The molecule has 2 rings (SSSR count). The lowest BCUT2D eigenvalue weighted by atomic mass is 9.73. The van der Waals surface area contributed by atoms with Gasteiger partial charge in [0.15, 0.2) is 0 Å². The van der Waals surface area contributed by atoms with Crippen LogP contribution in [0.1, 0.15) is 59.8 Å². The first-order valence-corrected chi connectivity index (χ1v) is 9.09. The molecule has 3 unspecified atom stereocenters. The molecule has 1 saturated carbocycles. The smallest absolute Gasteiger partial charge is 0.0644 e. The molecule has 1 aliphatic carbocycles. The second-order valence-corrected chi connectivity index (χ2v) is 8.04. The number of hydrogen-bond acceptors (Lipinski definition) is 3. The summed E-state index contributed by atoms with van der Waals surface area (Å²) in [6, 6.07) is 0.701. The second kappa shape index (κ2) is 7.43. The summed E-state index contributed by atoms with van der Waals surface area (Å²) in [4.78, 5) is 2.59. The number of hydrogen-bond donors (Lipinski definition) is 2. The molecule has 1 saturated heterocycles. The second-order valence-electron chi connectivity index (χ2n) is 8.04. The molecular weight excluding hydrogens is 260 g/mol. The first-order chi connectivity index (χ1) is 9.91. The average molecular weight is 296 g/mol. The van der Waals surface area contributed by atoms with Crippen molar-refractivity contribution < 1.29 is 5.11 Å². The van der Waals surface area contributed by atoms with Crippen LogP contribution in [0.15, 0.2) is 0 Å². The van der Waals surface area contributed by atoms with Crippen LogP contribution < -0.4 is 5.32 Å². The van der Waals surface area contributed by atoms with E-state index in [0.717, 1.165) is 50.2 Å². The molecule has 124 valence electrons.